The summed E-state index contributed by atoms with van der Waals surface area (Å²) in [6.07, 6.45) is -4.55. The third-order valence-corrected chi connectivity index (χ3v) is 5.84. The highest BCUT2D eigenvalue weighted by Crippen LogP contribution is 2.31. The Morgan fingerprint density at radius 1 is 0.778 bits per heavy atom. The zero-order valence-corrected chi connectivity index (χ0v) is 15.0. The second-order valence-corrected chi connectivity index (χ2v) is 7.68. The largest absolute Gasteiger partial charge is 0.452 e. The quantitative estimate of drug-likeness (QED) is 0.425. The summed E-state index contributed by atoms with van der Waals surface area (Å²) >= 11 is 0. The molecule has 27 heavy (non-hydrogen) atoms. The fourth-order valence-corrected chi connectivity index (χ4v) is 4.64. The summed E-state index contributed by atoms with van der Waals surface area (Å²) in [4.78, 5) is 14.9. The van der Waals surface area contributed by atoms with Crippen LogP contribution in [0.1, 0.15) is 10.4 Å². The van der Waals surface area contributed by atoms with Crippen molar-refractivity contribution in [3.8, 4) is 0 Å². The van der Waals surface area contributed by atoms with Crippen molar-refractivity contribution in [1.82, 2.24) is 0 Å². The molecule has 0 saturated heterocycles. The third kappa shape index (κ3) is 5.14. The number of carbonyl (C=O) groups is 1. The molecule has 138 valence electrons. The summed E-state index contributed by atoms with van der Waals surface area (Å²) < 4.78 is 41.3. The molecule has 0 heterocycles. The van der Waals surface area contributed by atoms with Crippen molar-refractivity contribution in [2.45, 2.75) is 20.9 Å². The molecule has 0 aromatic heterocycles. The van der Waals surface area contributed by atoms with Crippen LogP contribution in [-0.2, 0) is 15.6 Å². The minimum Gasteiger partial charge on any atom is -0.452 e. The minimum atomic E-state index is -4.55. The van der Waals surface area contributed by atoms with Gasteiger partial charge in [-0.25, -0.2) is 4.79 Å². The Morgan fingerprint density at radius 3 is 1.81 bits per heavy atom. The molecule has 0 fully saturated rings. The van der Waals surface area contributed by atoms with Gasteiger partial charge in [-0.2, -0.15) is 13.2 Å². The lowest BCUT2D eigenvalue weighted by Gasteiger charge is -2.10. The Balaban J connectivity index is 1.95. The van der Waals surface area contributed by atoms with Crippen LogP contribution in [0.4, 0.5) is 13.2 Å². The van der Waals surface area contributed by atoms with E-state index in [1.165, 1.54) is 6.07 Å². The van der Waals surface area contributed by atoms with Gasteiger partial charge in [-0.05, 0) is 36.4 Å². The molecule has 0 saturated carbocycles. The molecule has 2 nitrogen and oxygen atoms in total. The summed E-state index contributed by atoms with van der Waals surface area (Å²) in [6, 6.07) is 26.1. The van der Waals surface area contributed by atoms with Gasteiger partial charge in [0.2, 0.25) is 0 Å². The summed E-state index contributed by atoms with van der Waals surface area (Å²) in [7, 11) is -0.492. The Morgan fingerprint density at radius 2 is 1.30 bits per heavy atom. The van der Waals surface area contributed by atoms with Crippen LogP contribution in [0.3, 0.4) is 0 Å². The molecule has 3 aromatic rings. The van der Waals surface area contributed by atoms with Gasteiger partial charge in [0.25, 0.3) is 0 Å². The lowest BCUT2D eigenvalue weighted by atomic mass is 10.2. The fraction of sp³-hybridized carbons (Fsp3) is 0.0952. The van der Waals surface area contributed by atoms with Crippen LogP contribution in [0.2, 0.25) is 0 Å². The van der Waals surface area contributed by atoms with Crippen LogP contribution in [0.15, 0.2) is 99.6 Å². The molecular weight excluding hydrogens is 373 g/mol. The van der Waals surface area contributed by atoms with E-state index in [0.29, 0.717) is 0 Å². The first-order valence-electron chi connectivity index (χ1n) is 8.12. The van der Waals surface area contributed by atoms with Crippen LogP contribution in [0, 0.1) is 0 Å². The number of benzene rings is 3. The normalized spacial score (nSPS) is 11.4. The Labute approximate surface area is 158 Å². The predicted molar refractivity (Wildman–Crippen MR) is 97.8 cm³/mol. The number of halogens is 3. The van der Waals surface area contributed by atoms with Gasteiger partial charge < -0.3 is 4.74 Å². The average Bonchev–Trinajstić information content (AvgIpc) is 2.68. The molecule has 6 heteroatoms. The van der Waals surface area contributed by atoms with Crippen LogP contribution < -0.4 is 0 Å². The van der Waals surface area contributed by atoms with Gasteiger partial charge >= 0.3 is 12.1 Å². The zero-order valence-electron chi connectivity index (χ0n) is 14.1. The van der Waals surface area contributed by atoms with E-state index in [2.05, 4.69) is 4.74 Å². The summed E-state index contributed by atoms with van der Waals surface area (Å²) in [5.74, 6) is -0.987. The van der Waals surface area contributed by atoms with E-state index in [9.17, 15) is 18.0 Å². The molecule has 3 rings (SSSR count). The minimum absolute atomic E-state index is 0.0983. The lowest BCUT2D eigenvalue weighted by molar-refractivity contribution is -0.161. The van der Waals surface area contributed by atoms with Crippen molar-refractivity contribution in [2.75, 3.05) is 6.61 Å². The van der Waals surface area contributed by atoms with Crippen LogP contribution >= 0.6 is 0 Å². The number of esters is 1. The van der Waals surface area contributed by atoms with E-state index in [1.54, 1.807) is 12.1 Å². The maximum atomic E-state index is 12.3. The van der Waals surface area contributed by atoms with Crippen LogP contribution in [-0.4, -0.2) is 18.8 Å². The highest BCUT2D eigenvalue weighted by molar-refractivity contribution is 7.97. The van der Waals surface area contributed by atoms with Crippen LogP contribution in [0.25, 0.3) is 0 Å². The van der Waals surface area contributed by atoms with E-state index in [-0.39, 0.29) is 5.56 Å². The van der Waals surface area contributed by atoms with Gasteiger partial charge in [0.1, 0.15) is 0 Å². The van der Waals surface area contributed by atoms with Gasteiger partial charge in [-0.3, -0.25) is 0 Å². The van der Waals surface area contributed by atoms with Crippen molar-refractivity contribution in [3.63, 3.8) is 0 Å². The van der Waals surface area contributed by atoms with Crippen molar-refractivity contribution in [3.05, 3.63) is 90.5 Å². The van der Waals surface area contributed by atoms with E-state index in [0.717, 1.165) is 14.7 Å². The number of rotatable bonds is 5. The van der Waals surface area contributed by atoms with Crippen molar-refractivity contribution in [1.29, 1.82) is 0 Å². The van der Waals surface area contributed by atoms with Gasteiger partial charge in [-0.1, -0.05) is 42.5 Å². The van der Waals surface area contributed by atoms with E-state index in [4.69, 9.17) is 0 Å². The zero-order chi connectivity index (χ0) is 19.3. The average molecular weight is 389 g/mol. The van der Waals surface area contributed by atoms with Gasteiger partial charge in [0, 0.05) is 6.07 Å². The molecule has 0 spiro atoms. The monoisotopic (exact) mass is 389 g/mol. The standard InChI is InChI=1S/C21H16F3O2S/c22-21(23,24)15-26-20(25)16-8-7-13-19(14-16)27(17-9-3-1-4-10-17)18-11-5-2-6-12-18/h1-14H,15H2/q+1. The number of carbonyl (C=O) groups excluding carboxylic acids is 1. The molecule has 0 radical (unpaired) electrons. The third-order valence-electron chi connectivity index (χ3n) is 3.63. The smallest absolute Gasteiger partial charge is 0.422 e. The summed E-state index contributed by atoms with van der Waals surface area (Å²) in [5.41, 5.74) is 0.0983. The van der Waals surface area contributed by atoms with E-state index >= 15 is 0 Å². The van der Waals surface area contributed by atoms with Gasteiger partial charge in [0.05, 0.1) is 16.5 Å². The molecule has 0 amide bonds. The van der Waals surface area contributed by atoms with Crippen molar-refractivity contribution >= 4 is 16.9 Å². The first-order valence-corrected chi connectivity index (χ1v) is 9.35. The molecule has 0 aliphatic heterocycles. The number of alkyl halides is 3. The molecule has 0 bridgehead atoms. The Hall–Kier alpha value is -2.73. The number of ether oxygens (including phenoxy) is 1. The molecule has 3 aromatic carbocycles. The molecule has 0 N–H and O–H groups in total. The Bertz CT molecular complexity index is 857. The molecule has 0 unspecified atom stereocenters. The van der Waals surface area contributed by atoms with Gasteiger partial charge in [-0.15, -0.1) is 0 Å². The predicted octanol–water partition coefficient (Wildman–Crippen LogP) is 5.50. The molecule has 0 aliphatic carbocycles. The number of hydrogen-bond acceptors (Lipinski definition) is 2. The Kier molecular flexibility index (Phi) is 5.86. The fourth-order valence-electron chi connectivity index (χ4n) is 2.50. The topological polar surface area (TPSA) is 26.3 Å². The van der Waals surface area contributed by atoms with Crippen molar-refractivity contribution in [2.24, 2.45) is 0 Å². The van der Waals surface area contributed by atoms with Crippen LogP contribution in [0.5, 0.6) is 0 Å². The van der Waals surface area contributed by atoms with E-state index < -0.39 is 29.6 Å². The molecule has 0 aliphatic rings. The maximum Gasteiger partial charge on any atom is 0.422 e. The molecular formula is C21H16F3O2S+. The summed E-state index contributed by atoms with van der Waals surface area (Å²) in [5, 5.41) is 0. The number of hydrogen-bond donors (Lipinski definition) is 0. The lowest BCUT2D eigenvalue weighted by Crippen LogP contribution is -2.20. The second-order valence-electron chi connectivity index (χ2n) is 5.65. The highest BCUT2D eigenvalue weighted by Gasteiger charge is 2.31. The second kappa shape index (κ2) is 8.31. The van der Waals surface area contributed by atoms with Crippen molar-refractivity contribution < 1.29 is 22.7 Å². The van der Waals surface area contributed by atoms with Gasteiger partial charge in [0.15, 0.2) is 21.3 Å². The molecule has 0 atom stereocenters. The first-order chi connectivity index (χ1) is 12.9. The first kappa shape index (κ1) is 19.0. The maximum absolute atomic E-state index is 12.3. The van der Waals surface area contributed by atoms with E-state index in [1.807, 2.05) is 66.7 Å². The highest BCUT2D eigenvalue weighted by atomic mass is 32.2. The SMILES string of the molecule is O=C(OCC(F)(F)F)c1cccc([S+](c2ccccc2)c2ccccc2)c1. The summed E-state index contributed by atoms with van der Waals surface area (Å²) in [6.45, 7) is -1.60.